The molecule has 1 saturated carbocycles. The first-order chi connectivity index (χ1) is 7.75. The minimum Gasteiger partial charge on any atom is -0.384 e. The number of nitrogens with two attached hydrogens (primary N) is 1. The normalized spacial score (nSPS) is 27.4. The molecule has 2 bridgehead atoms. The lowest BCUT2D eigenvalue weighted by molar-refractivity contribution is 0.553. The minimum absolute atomic E-state index is 0.139. The van der Waals surface area contributed by atoms with Gasteiger partial charge in [-0.25, -0.2) is 0 Å². The van der Waals surface area contributed by atoms with Crippen LogP contribution in [0, 0.1) is 11.3 Å². The number of piperidine rings is 1. The summed E-state index contributed by atoms with van der Waals surface area (Å²) in [7, 11) is 0. The molecule has 4 heteroatoms. The van der Waals surface area contributed by atoms with E-state index >= 15 is 0 Å². The summed E-state index contributed by atoms with van der Waals surface area (Å²) >= 11 is 0. The van der Waals surface area contributed by atoms with Crippen LogP contribution in [-0.2, 0) is 0 Å². The summed E-state index contributed by atoms with van der Waals surface area (Å²) in [5.74, 6) is 0.977. The molecule has 1 aromatic heterocycles. The molecule has 2 heterocycles. The van der Waals surface area contributed by atoms with Crippen molar-refractivity contribution in [3.63, 3.8) is 0 Å². The number of anilines is 1. The molecule has 0 radical (unpaired) electrons. The maximum atomic E-state index is 7.60. The van der Waals surface area contributed by atoms with E-state index in [4.69, 9.17) is 11.1 Å². The Morgan fingerprint density at radius 1 is 1.50 bits per heavy atom. The number of nitrogens with one attached hydrogen (secondary N) is 1. The van der Waals surface area contributed by atoms with Crippen molar-refractivity contribution in [1.29, 1.82) is 5.41 Å². The Balaban J connectivity index is 1.97. The first-order valence-electron chi connectivity index (χ1n) is 5.81. The molecule has 1 aromatic rings. The van der Waals surface area contributed by atoms with Gasteiger partial charge in [-0.05, 0) is 31.2 Å². The molecule has 1 saturated heterocycles. The highest BCUT2D eigenvalue weighted by molar-refractivity contribution is 6.00. The average Bonchev–Trinajstić information content (AvgIpc) is 2.90. The fraction of sp³-hybridized carbons (Fsp3) is 0.500. The van der Waals surface area contributed by atoms with Crippen LogP contribution in [0.15, 0.2) is 18.5 Å². The summed E-state index contributed by atoms with van der Waals surface area (Å²) in [5.41, 5.74) is 7.47. The molecule has 3 N–H and O–H groups in total. The lowest BCUT2D eigenvalue weighted by Gasteiger charge is -2.30. The summed E-state index contributed by atoms with van der Waals surface area (Å²) in [5, 5.41) is 7.60. The number of pyridine rings is 1. The van der Waals surface area contributed by atoms with E-state index < -0.39 is 0 Å². The smallest absolute Gasteiger partial charge is 0.125 e. The molecule has 2 aliphatic rings. The van der Waals surface area contributed by atoms with Crippen molar-refractivity contribution >= 4 is 11.5 Å². The van der Waals surface area contributed by atoms with Crippen molar-refractivity contribution in [2.24, 2.45) is 11.7 Å². The van der Waals surface area contributed by atoms with E-state index in [1.54, 1.807) is 6.20 Å². The SMILES string of the molecule is N=C(N)c1ccncc1N1CC2CCC1C2. The van der Waals surface area contributed by atoms with Crippen LogP contribution in [0.2, 0.25) is 0 Å². The van der Waals surface area contributed by atoms with E-state index in [2.05, 4.69) is 9.88 Å². The fourth-order valence-corrected chi connectivity index (χ4v) is 3.06. The zero-order chi connectivity index (χ0) is 11.1. The Morgan fingerprint density at radius 2 is 2.38 bits per heavy atom. The molecule has 0 spiro atoms. The van der Waals surface area contributed by atoms with Gasteiger partial charge in [0.05, 0.1) is 11.9 Å². The molecule has 0 aromatic carbocycles. The molecule has 2 unspecified atom stereocenters. The third kappa shape index (κ3) is 1.37. The number of fused-ring (bicyclic) bond motifs is 2. The van der Waals surface area contributed by atoms with Crippen LogP contribution in [0.3, 0.4) is 0 Å². The van der Waals surface area contributed by atoms with Gasteiger partial charge in [0, 0.05) is 24.3 Å². The highest BCUT2D eigenvalue weighted by atomic mass is 15.2. The van der Waals surface area contributed by atoms with Crippen LogP contribution in [-0.4, -0.2) is 23.4 Å². The summed E-state index contributed by atoms with van der Waals surface area (Å²) in [6.07, 6.45) is 7.48. The third-order valence-electron chi connectivity index (χ3n) is 3.81. The van der Waals surface area contributed by atoms with Crippen molar-refractivity contribution in [3.8, 4) is 0 Å². The zero-order valence-electron chi connectivity index (χ0n) is 9.19. The van der Waals surface area contributed by atoms with E-state index in [9.17, 15) is 0 Å². The molecular formula is C12H16N4. The van der Waals surface area contributed by atoms with Gasteiger partial charge >= 0.3 is 0 Å². The molecule has 2 atom stereocenters. The number of nitrogens with zero attached hydrogens (tertiary/aromatic N) is 2. The summed E-state index contributed by atoms with van der Waals surface area (Å²) in [4.78, 5) is 6.55. The lowest BCUT2D eigenvalue weighted by Crippen LogP contribution is -2.33. The van der Waals surface area contributed by atoms with Crippen LogP contribution < -0.4 is 10.6 Å². The quantitative estimate of drug-likeness (QED) is 0.579. The van der Waals surface area contributed by atoms with Crippen LogP contribution in [0.1, 0.15) is 24.8 Å². The minimum atomic E-state index is 0.139. The molecule has 84 valence electrons. The Bertz CT molecular complexity index is 429. The van der Waals surface area contributed by atoms with E-state index in [0.29, 0.717) is 6.04 Å². The second kappa shape index (κ2) is 3.47. The Morgan fingerprint density at radius 3 is 3.00 bits per heavy atom. The number of nitrogen functional groups attached to an aromatic ring is 1. The van der Waals surface area contributed by atoms with E-state index in [1.165, 1.54) is 19.3 Å². The zero-order valence-corrected chi connectivity index (χ0v) is 9.19. The van der Waals surface area contributed by atoms with Crippen molar-refractivity contribution in [1.82, 2.24) is 4.98 Å². The molecule has 0 amide bonds. The predicted octanol–water partition coefficient (Wildman–Crippen LogP) is 1.35. The van der Waals surface area contributed by atoms with Gasteiger partial charge in [-0.2, -0.15) is 0 Å². The fourth-order valence-electron chi connectivity index (χ4n) is 3.06. The largest absolute Gasteiger partial charge is 0.384 e. The van der Waals surface area contributed by atoms with Gasteiger partial charge in [0.1, 0.15) is 5.84 Å². The van der Waals surface area contributed by atoms with Crippen LogP contribution in [0.5, 0.6) is 0 Å². The second-order valence-corrected chi connectivity index (χ2v) is 4.79. The first-order valence-corrected chi connectivity index (χ1v) is 5.81. The van der Waals surface area contributed by atoms with Crippen LogP contribution >= 0.6 is 0 Å². The van der Waals surface area contributed by atoms with E-state index in [0.717, 1.165) is 23.7 Å². The second-order valence-electron chi connectivity index (χ2n) is 4.79. The molecule has 3 rings (SSSR count). The standard InChI is InChI=1S/C12H16N4/c13-12(14)10-3-4-15-6-11(10)16-7-8-1-2-9(16)5-8/h3-4,6,8-9H,1-2,5,7H2,(H3,13,14). The highest BCUT2D eigenvalue weighted by Crippen LogP contribution is 2.40. The molecule has 16 heavy (non-hydrogen) atoms. The van der Waals surface area contributed by atoms with E-state index in [-0.39, 0.29) is 5.84 Å². The average molecular weight is 216 g/mol. The predicted molar refractivity (Wildman–Crippen MR) is 63.7 cm³/mol. The van der Waals surface area contributed by atoms with Crippen molar-refractivity contribution in [2.75, 3.05) is 11.4 Å². The summed E-state index contributed by atoms with van der Waals surface area (Å²) in [6.45, 7) is 1.11. The molecular weight excluding hydrogens is 200 g/mol. The van der Waals surface area contributed by atoms with Gasteiger partial charge in [0.25, 0.3) is 0 Å². The lowest BCUT2D eigenvalue weighted by atomic mass is 10.1. The van der Waals surface area contributed by atoms with Crippen molar-refractivity contribution in [3.05, 3.63) is 24.0 Å². The van der Waals surface area contributed by atoms with Gasteiger partial charge in [0.2, 0.25) is 0 Å². The molecule has 4 nitrogen and oxygen atoms in total. The maximum absolute atomic E-state index is 7.60. The van der Waals surface area contributed by atoms with Crippen LogP contribution in [0.4, 0.5) is 5.69 Å². The monoisotopic (exact) mass is 216 g/mol. The molecule has 2 fully saturated rings. The van der Waals surface area contributed by atoms with Gasteiger partial charge in [-0.15, -0.1) is 0 Å². The van der Waals surface area contributed by atoms with Crippen LogP contribution in [0.25, 0.3) is 0 Å². The van der Waals surface area contributed by atoms with Gasteiger partial charge in [-0.3, -0.25) is 10.4 Å². The van der Waals surface area contributed by atoms with Crippen molar-refractivity contribution in [2.45, 2.75) is 25.3 Å². The highest BCUT2D eigenvalue weighted by Gasteiger charge is 2.38. The number of hydrogen-bond acceptors (Lipinski definition) is 3. The Labute approximate surface area is 95.0 Å². The van der Waals surface area contributed by atoms with Gasteiger partial charge < -0.3 is 10.6 Å². The Kier molecular flexibility index (Phi) is 2.09. The topological polar surface area (TPSA) is 66.0 Å². The number of rotatable bonds is 2. The number of aromatic nitrogens is 1. The Hall–Kier alpha value is -1.58. The summed E-state index contributed by atoms with van der Waals surface area (Å²) in [6, 6.07) is 2.48. The molecule has 1 aliphatic carbocycles. The summed E-state index contributed by atoms with van der Waals surface area (Å²) < 4.78 is 0. The van der Waals surface area contributed by atoms with Gasteiger partial charge in [0.15, 0.2) is 0 Å². The van der Waals surface area contributed by atoms with E-state index in [1.807, 2.05) is 12.3 Å². The molecule has 1 aliphatic heterocycles. The third-order valence-corrected chi connectivity index (χ3v) is 3.81. The maximum Gasteiger partial charge on any atom is 0.125 e. The number of hydrogen-bond donors (Lipinski definition) is 2. The van der Waals surface area contributed by atoms with Crippen molar-refractivity contribution < 1.29 is 0 Å². The van der Waals surface area contributed by atoms with Gasteiger partial charge in [-0.1, -0.05) is 0 Å². The first kappa shape index (κ1) is 9.63. The number of amidine groups is 1.